The number of allylic oxidation sites excluding steroid dienone is 2. The lowest BCUT2D eigenvalue weighted by molar-refractivity contribution is -0.137. The number of fused-ring (bicyclic) bond motifs is 1. The van der Waals surface area contributed by atoms with Crippen LogP contribution >= 0.6 is 0 Å². The van der Waals surface area contributed by atoms with Crippen molar-refractivity contribution in [1.29, 1.82) is 0 Å². The molecule has 1 fully saturated rings. The van der Waals surface area contributed by atoms with Crippen LogP contribution in [0.15, 0.2) is 85.0 Å². The number of benzene rings is 3. The Labute approximate surface area is 229 Å². The van der Waals surface area contributed by atoms with Crippen molar-refractivity contribution in [3.8, 4) is 5.75 Å². The second-order valence-corrected chi connectivity index (χ2v) is 9.83. The molecule has 1 aliphatic carbocycles. The van der Waals surface area contributed by atoms with Gasteiger partial charge in [0.2, 0.25) is 5.91 Å². The zero-order valence-electron chi connectivity index (χ0n) is 21.4. The van der Waals surface area contributed by atoms with Gasteiger partial charge in [-0.1, -0.05) is 42.5 Å². The fraction of sp³-hybridized carbons (Fsp3) is 0.226. The van der Waals surface area contributed by atoms with Crippen LogP contribution in [-0.4, -0.2) is 29.6 Å². The smallest absolute Gasteiger partial charge is 0.416 e. The summed E-state index contributed by atoms with van der Waals surface area (Å²) in [5.41, 5.74) is 2.71. The zero-order chi connectivity index (χ0) is 28.3. The number of carbonyl (C=O) groups excluding carboxylic acids is 2. The number of ether oxygens (including phenoxy) is 1. The molecule has 0 aromatic heterocycles. The molecule has 3 aromatic rings. The fourth-order valence-electron chi connectivity index (χ4n) is 4.40. The van der Waals surface area contributed by atoms with Gasteiger partial charge in [0.05, 0.1) is 12.2 Å². The number of hydrogen-bond acceptors (Lipinski definition) is 4. The van der Waals surface area contributed by atoms with E-state index < -0.39 is 29.7 Å². The van der Waals surface area contributed by atoms with Gasteiger partial charge in [-0.15, -0.1) is 0 Å². The highest BCUT2D eigenvalue weighted by atomic mass is 19.4. The summed E-state index contributed by atoms with van der Waals surface area (Å²) in [6.07, 6.45) is 1.17. The first-order valence-electron chi connectivity index (χ1n) is 12.9. The average molecular weight is 549 g/mol. The van der Waals surface area contributed by atoms with Gasteiger partial charge in [-0.3, -0.25) is 9.59 Å². The van der Waals surface area contributed by atoms with Crippen molar-refractivity contribution < 1.29 is 32.6 Å². The Bertz CT molecular complexity index is 1470. The van der Waals surface area contributed by atoms with E-state index in [1.165, 1.54) is 24.3 Å². The van der Waals surface area contributed by atoms with Gasteiger partial charge in [0.1, 0.15) is 11.9 Å². The molecule has 3 aromatic carbocycles. The average Bonchev–Trinajstić information content (AvgIpc) is 3.76. The maximum absolute atomic E-state index is 13.1. The number of nitrogens with one attached hydrogen (secondary N) is 2. The van der Waals surface area contributed by atoms with Crippen LogP contribution in [0.4, 0.5) is 24.5 Å². The fourth-order valence-corrected chi connectivity index (χ4v) is 4.40. The van der Waals surface area contributed by atoms with E-state index >= 15 is 0 Å². The van der Waals surface area contributed by atoms with Crippen LogP contribution in [0.5, 0.6) is 5.75 Å². The van der Waals surface area contributed by atoms with Gasteiger partial charge in [-0.2, -0.15) is 13.2 Å². The predicted molar refractivity (Wildman–Crippen MR) is 146 cm³/mol. The Morgan fingerprint density at radius 1 is 1.05 bits per heavy atom. The molecule has 9 heteroatoms. The minimum atomic E-state index is -4.45. The summed E-state index contributed by atoms with van der Waals surface area (Å²) in [6.45, 7) is 0.618. The molecule has 2 aliphatic rings. The van der Waals surface area contributed by atoms with E-state index in [1.807, 2.05) is 24.3 Å². The van der Waals surface area contributed by atoms with Crippen LogP contribution in [0.3, 0.4) is 0 Å². The number of alkyl halides is 3. The summed E-state index contributed by atoms with van der Waals surface area (Å²) >= 11 is 0. The molecule has 0 radical (unpaired) electrons. The molecular formula is C31H27F3N2O4. The largest absolute Gasteiger partial charge is 0.493 e. The molecule has 40 heavy (non-hydrogen) atoms. The SMILES string of the molecule is O=C(C=CC=C(c1ccc(C(F)(F)F)cc1)c1cccc(OCC2CC2)c1)Nc1cccc2c1CC(O)C(=O)N2. The van der Waals surface area contributed by atoms with Crippen molar-refractivity contribution in [1.82, 2.24) is 0 Å². The summed E-state index contributed by atoms with van der Waals surface area (Å²) < 4.78 is 45.3. The maximum Gasteiger partial charge on any atom is 0.416 e. The lowest BCUT2D eigenvalue weighted by Crippen LogP contribution is -2.34. The molecule has 3 N–H and O–H groups in total. The predicted octanol–water partition coefficient (Wildman–Crippen LogP) is 5.98. The van der Waals surface area contributed by atoms with Gasteiger partial charge < -0.3 is 20.5 Å². The van der Waals surface area contributed by atoms with Crippen LogP contribution in [0.1, 0.15) is 35.1 Å². The third-order valence-corrected chi connectivity index (χ3v) is 6.75. The van der Waals surface area contributed by atoms with E-state index in [1.54, 1.807) is 24.3 Å². The highest BCUT2D eigenvalue weighted by Crippen LogP contribution is 2.34. The molecule has 1 aliphatic heterocycles. The van der Waals surface area contributed by atoms with E-state index in [9.17, 15) is 27.9 Å². The van der Waals surface area contributed by atoms with Gasteiger partial charge in [-0.25, -0.2) is 0 Å². The van der Waals surface area contributed by atoms with Crippen LogP contribution in [-0.2, 0) is 22.2 Å². The summed E-state index contributed by atoms with van der Waals surface area (Å²) in [5.74, 6) is 0.264. The van der Waals surface area contributed by atoms with Crippen LogP contribution in [0.2, 0.25) is 0 Å². The van der Waals surface area contributed by atoms with Gasteiger partial charge in [0.15, 0.2) is 0 Å². The van der Waals surface area contributed by atoms with E-state index in [0.29, 0.717) is 46.3 Å². The minimum absolute atomic E-state index is 0.0679. The summed E-state index contributed by atoms with van der Waals surface area (Å²) in [6, 6.07) is 17.2. The highest BCUT2D eigenvalue weighted by Gasteiger charge is 2.30. The molecule has 1 saturated carbocycles. The van der Waals surface area contributed by atoms with E-state index in [2.05, 4.69) is 10.6 Å². The Kier molecular flexibility index (Phi) is 7.75. The van der Waals surface area contributed by atoms with Crippen LogP contribution < -0.4 is 15.4 Å². The second kappa shape index (κ2) is 11.4. The molecular weight excluding hydrogens is 521 g/mol. The van der Waals surface area contributed by atoms with Gasteiger partial charge >= 0.3 is 6.18 Å². The van der Waals surface area contributed by atoms with E-state index in [4.69, 9.17) is 4.74 Å². The Balaban J connectivity index is 1.39. The quantitative estimate of drug-likeness (QED) is 0.239. The molecule has 1 heterocycles. The van der Waals surface area contributed by atoms with Crippen molar-refractivity contribution in [2.75, 3.05) is 17.2 Å². The second-order valence-electron chi connectivity index (χ2n) is 9.83. The Morgan fingerprint density at radius 3 is 2.52 bits per heavy atom. The van der Waals surface area contributed by atoms with Gasteiger partial charge in [0, 0.05) is 29.4 Å². The summed E-state index contributed by atoms with van der Waals surface area (Å²) in [7, 11) is 0. The monoisotopic (exact) mass is 548 g/mol. The first kappa shape index (κ1) is 27.2. The molecule has 6 nitrogen and oxygen atoms in total. The highest BCUT2D eigenvalue weighted by molar-refractivity contribution is 6.03. The standard InChI is InChI=1S/C31H27F3N2O4/c32-31(33,34)22-14-12-20(13-15-22)24(21-4-1-5-23(16-21)40-18-19-10-11-19)6-2-9-29(38)35-26-7-3-8-27-25(26)17-28(37)30(39)36-27/h1-9,12-16,19,28,37H,10-11,17-18H2,(H,35,38)(H,36,39). The van der Waals surface area contributed by atoms with Crippen molar-refractivity contribution in [3.05, 3.63) is 107 Å². The number of amides is 2. The molecule has 0 bridgehead atoms. The molecule has 2 amide bonds. The van der Waals surface area contributed by atoms with Crippen molar-refractivity contribution in [2.45, 2.75) is 31.5 Å². The third kappa shape index (κ3) is 6.60. The molecule has 0 saturated heterocycles. The summed E-state index contributed by atoms with van der Waals surface area (Å²) in [4.78, 5) is 24.5. The molecule has 206 valence electrons. The normalized spacial score (nSPS) is 17.4. The lowest BCUT2D eigenvalue weighted by Gasteiger charge is -2.23. The molecule has 1 atom stereocenters. The van der Waals surface area contributed by atoms with E-state index in [-0.39, 0.29) is 6.42 Å². The van der Waals surface area contributed by atoms with Crippen molar-refractivity contribution in [2.24, 2.45) is 5.92 Å². The topological polar surface area (TPSA) is 87.7 Å². The molecule has 5 rings (SSSR count). The number of aliphatic hydroxyl groups excluding tert-OH is 1. The maximum atomic E-state index is 13.1. The Morgan fingerprint density at radius 2 is 1.80 bits per heavy atom. The van der Waals surface area contributed by atoms with Crippen LogP contribution in [0.25, 0.3) is 5.57 Å². The number of halogens is 3. The van der Waals surface area contributed by atoms with Crippen LogP contribution in [0, 0.1) is 5.92 Å². The van der Waals surface area contributed by atoms with E-state index in [0.717, 1.165) is 30.5 Å². The number of carbonyl (C=O) groups is 2. The summed E-state index contributed by atoms with van der Waals surface area (Å²) in [5, 5.41) is 15.3. The molecule has 1 unspecified atom stereocenters. The minimum Gasteiger partial charge on any atom is -0.493 e. The zero-order valence-corrected chi connectivity index (χ0v) is 21.4. The first-order valence-corrected chi connectivity index (χ1v) is 12.9. The van der Waals surface area contributed by atoms with Crippen molar-refractivity contribution >= 4 is 28.8 Å². The molecule has 0 spiro atoms. The first-order chi connectivity index (χ1) is 19.2. The third-order valence-electron chi connectivity index (χ3n) is 6.75. The van der Waals surface area contributed by atoms with Crippen molar-refractivity contribution in [3.63, 3.8) is 0 Å². The number of rotatable bonds is 8. The van der Waals surface area contributed by atoms with Gasteiger partial charge in [0.25, 0.3) is 5.91 Å². The number of hydrogen-bond donors (Lipinski definition) is 3. The van der Waals surface area contributed by atoms with Gasteiger partial charge in [-0.05, 0) is 71.9 Å². The Hall–Kier alpha value is -4.37. The number of aliphatic hydroxyl groups is 1. The lowest BCUT2D eigenvalue weighted by atomic mass is 9.96. The number of anilines is 2.